The molecule has 2 nitrogen and oxygen atoms in total. The zero-order valence-electron chi connectivity index (χ0n) is 13.0. The molecule has 0 aliphatic heterocycles. The van der Waals surface area contributed by atoms with Crippen LogP contribution in [0, 0.1) is 23.7 Å². The Hall–Kier alpha value is -0.150. The summed E-state index contributed by atoms with van der Waals surface area (Å²) in [5.74, 6) is -0.670. The first-order valence-electron chi connectivity index (χ1n) is 8.47. The molecular formula is C17H31FO2. The van der Waals surface area contributed by atoms with Crippen molar-refractivity contribution < 1.29 is 14.6 Å². The molecule has 2 saturated carbocycles. The zero-order chi connectivity index (χ0) is 14.8. The van der Waals surface area contributed by atoms with Gasteiger partial charge >= 0.3 is 0 Å². The van der Waals surface area contributed by atoms with Gasteiger partial charge in [0.1, 0.15) is 0 Å². The number of alkyl halides is 1. The molecule has 2 rings (SSSR count). The summed E-state index contributed by atoms with van der Waals surface area (Å²) in [7, 11) is 0. The van der Waals surface area contributed by atoms with E-state index in [1.54, 1.807) is 0 Å². The molecule has 5 atom stereocenters. The number of hydrogen-bond donors (Lipinski definition) is 2. The number of rotatable bonds is 2. The largest absolute Gasteiger partial charge is 0.393 e. The van der Waals surface area contributed by atoms with Gasteiger partial charge in [0.05, 0.1) is 6.10 Å². The molecule has 0 bridgehead atoms. The summed E-state index contributed by atoms with van der Waals surface area (Å²) < 4.78 is 14.4. The minimum absolute atomic E-state index is 0.223. The Morgan fingerprint density at radius 2 is 1.70 bits per heavy atom. The Labute approximate surface area is 122 Å². The van der Waals surface area contributed by atoms with Crippen LogP contribution in [-0.2, 0) is 0 Å². The molecule has 5 unspecified atom stereocenters. The lowest BCUT2D eigenvalue weighted by Gasteiger charge is -2.29. The van der Waals surface area contributed by atoms with Gasteiger partial charge in [-0.2, -0.15) is 0 Å². The van der Waals surface area contributed by atoms with Crippen molar-refractivity contribution in [3.8, 4) is 0 Å². The van der Waals surface area contributed by atoms with Gasteiger partial charge < -0.3 is 10.2 Å². The van der Waals surface area contributed by atoms with E-state index >= 15 is 0 Å². The monoisotopic (exact) mass is 286 g/mol. The fourth-order valence-electron chi connectivity index (χ4n) is 4.29. The van der Waals surface area contributed by atoms with E-state index < -0.39 is 5.85 Å². The van der Waals surface area contributed by atoms with Crippen LogP contribution in [0.3, 0.4) is 0 Å². The molecule has 3 heteroatoms. The smallest absolute Gasteiger partial charge is 0.207 e. The average Bonchev–Trinajstić information content (AvgIpc) is 2.65. The van der Waals surface area contributed by atoms with Gasteiger partial charge in [0, 0.05) is 12.8 Å². The maximum absolute atomic E-state index is 14.4. The van der Waals surface area contributed by atoms with Crippen LogP contribution in [0.2, 0.25) is 0 Å². The number of aliphatic hydroxyl groups excluding tert-OH is 1. The molecule has 2 aliphatic carbocycles. The Morgan fingerprint density at radius 3 is 2.40 bits per heavy atom. The normalized spacial score (nSPS) is 44.1. The number of aliphatic hydroxyl groups is 2. The zero-order valence-corrected chi connectivity index (χ0v) is 13.0. The molecule has 0 heterocycles. The van der Waals surface area contributed by atoms with E-state index in [1.807, 2.05) is 0 Å². The summed E-state index contributed by atoms with van der Waals surface area (Å²) in [5, 5.41) is 20.1. The average molecular weight is 286 g/mol. The fourth-order valence-corrected chi connectivity index (χ4v) is 4.29. The molecule has 0 amide bonds. The van der Waals surface area contributed by atoms with Gasteiger partial charge in [0.25, 0.3) is 0 Å². The van der Waals surface area contributed by atoms with Crippen LogP contribution in [0.4, 0.5) is 4.39 Å². The van der Waals surface area contributed by atoms with Crippen LogP contribution < -0.4 is 0 Å². The van der Waals surface area contributed by atoms with E-state index in [4.69, 9.17) is 0 Å². The SMILES string of the molecule is CC(C)C1CCC(C2CCCCC(O)C2)CC(O)(F)C1. The Kier molecular flexibility index (Phi) is 5.47. The second-order valence-corrected chi connectivity index (χ2v) is 7.60. The van der Waals surface area contributed by atoms with E-state index in [9.17, 15) is 14.6 Å². The molecule has 2 N–H and O–H groups in total. The van der Waals surface area contributed by atoms with Crippen LogP contribution >= 0.6 is 0 Å². The van der Waals surface area contributed by atoms with Crippen LogP contribution in [0.1, 0.15) is 71.6 Å². The van der Waals surface area contributed by atoms with E-state index in [1.165, 1.54) is 0 Å². The molecule has 0 saturated heterocycles. The van der Waals surface area contributed by atoms with Gasteiger partial charge in [-0.1, -0.05) is 33.1 Å². The topological polar surface area (TPSA) is 40.5 Å². The van der Waals surface area contributed by atoms with Crippen LogP contribution in [0.5, 0.6) is 0 Å². The third-order valence-electron chi connectivity index (χ3n) is 5.60. The quantitative estimate of drug-likeness (QED) is 0.752. The van der Waals surface area contributed by atoms with Crippen molar-refractivity contribution in [1.29, 1.82) is 0 Å². The Morgan fingerprint density at radius 1 is 1.00 bits per heavy atom. The van der Waals surface area contributed by atoms with Crippen LogP contribution in [0.25, 0.3) is 0 Å². The molecule has 0 aromatic rings. The Balaban J connectivity index is 2.04. The summed E-state index contributed by atoms with van der Waals surface area (Å²) in [6.45, 7) is 4.24. The summed E-state index contributed by atoms with van der Waals surface area (Å²) in [5.41, 5.74) is 0. The van der Waals surface area contributed by atoms with Crippen molar-refractivity contribution in [3.05, 3.63) is 0 Å². The molecule has 20 heavy (non-hydrogen) atoms. The molecule has 2 fully saturated rings. The molecule has 118 valence electrons. The number of halogens is 1. The highest BCUT2D eigenvalue weighted by atomic mass is 19.2. The minimum atomic E-state index is -2.01. The van der Waals surface area contributed by atoms with Crippen molar-refractivity contribution >= 4 is 0 Å². The van der Waals surface area contributed by atoms with Crippen molar-refractivity contribution in [3.63, 3.8) is 0 Å². The summed E-state index contributed by atoms with van der Waals surface area (Å²) in [6, 6.07) is 0. The van der Waals surface area contributed by atoms with E-state index in [2.05, 4.69) is 13.8 Å². The summed E-state index contributed by atoms with van der Waals surface area (Å²) in [6.07, 6.45) is 7.35. The highest BCUT2D eigenvalue weighted by Gasteiger charge is 2.40. The predicted octanol–water partition coefficient (Wildman–Crippen LogP) is 4.05. The van der Waals surface area contributed by atoms with Gasteiger partial charge in [-0.25, -0.2) is 4.39 Å². The lowest BCUT2D eigenvalue weighted by atomic mass is 9.80. The lowest BCUT2D eigenvalue weighted by Crippen LogP contribution is -2.30. The van der Waals surface area contributed by atoms with Crippen molar-refractivity contribution in [2.24, 2.45) is 23.7 Å². The van der Waals surface area contributed by atoms with Crippen molar-refractivity contribution in [1.82, 2.24) is 0 Å². The van der Waals surface area contributed by atoms with Crippen LogP contribution in [0.15, 0.2) is 0 Å². The second kappa shape index (κ2) is 6.74. The highest BCUT2D eigenvalue weighted by molar-refractivity contribution is 4.86. The molecule has 0 radical (unpaired) electrons. The fraction of sp³-hybridized carbons (Fsp3) is 1.00. The van der Waals surface area contributed by atoms with Crippen molar-refractivity contribution in [2.75, 3.05) is 0 Å². The van der Waals surface area contributed by atoms with Gasteiger partial charge in [-0.15, -0.1) is 0 Å². The van der Waals surface area contributed by atoms with Gasteiger partial charge in [0.15, 0.2) is 0 Å². The Bertz CT molecular complexity index is 303. The summed E-state index contributed by atoms with van der Waals surface area (Å²) in [4.78, 5) is 0. The highest BCUT2D eigenvalue weighted by Crippen LogP contribution is 2.43. The first kappa shape index (κ1) is 16.2. The van der Waals surface area contributed by atoms with Gasteiger partial charge in [0.2, 0.25) is 5.85 Å². The third-order valence-corrected chi connectivity index (χ3v) is 5.60. The molecular weight excluding hydrogens is 255 g/mol. The van der Waals surface area contributed by atoms with Gasteiger partial charge in [-0.05, 0) is 49.4 Å². The van der Waals surface area contributed by atoms with E-state index in [0.717, 1.165) is 44.9 Å². The maximum Gasteiger partial charge on any atom is 0.207 e. The lowest BCUT2D eigenvalue weighted by molar-refractivity contribution is -0.121. The molecule has 0 aromatic heterocycles. The van der Waals surface area contributed by atoms with Crippen molar-refractivity contribution in [2.45, 2.75) is 83.6 Å². The van der Waals surface area contributed by atoms with E-state index in [0.29, 0.717) is 11.8 Å². The van der Waals surface area contributed by atoms with E-state index in [-0.39, 0.29) is 30.8 Å². The van der Waals surface area contributed by atoms with Gasteiger partial charge in [-0.3, -0.25) is 0 Å². The van der Waals surface area contributed by atoms with Crippen LogP contribution in [-0.4, -0.2) is 22.2 Å². The first-order chi connectivity index (χ1) is 9.37. The maximum atomic E-state index is 14.4. The molecule has 0 spiro atoms. The minimum Gasteiger partial charge on any atom is -0.393 e. The second-order valence-electron chi connectivity index (χ2n) is 7.60. The first-order valence-corrected chi connectivity index (χ1v) is 8.47. The predicted molar refractivity (Wildman–Crippen MR) is 78.9 cm³/mol. The third kappa shape index (κ3) is 4.42. The standard InChI is InChI=1S/C17H31FO2/c1-12(2)14-7-8-15(11-17(18,20)10-14)13-5-3-4-6-16(19)9-13/h12-16,19-20H,3-11H2,1-2H3. The summed E-state index contributed by atoms with van der Waals surface area (Å²) >= 11 is 0. The molecule has 2 aliphatic rings. The molecule has 0 aromatic carbocycles. The number of hydrogen-bond acceptors (Lipinski definition) is 2.